The summed E-state index contributed by atoms with van der Waals surface area (Å²) < 4.78 is 10.8. The molecule has 0 spiro atoms. The molecule has 0 aromatic heterocycles. The van der Waals surface area contributed by atoms with Crippen LogP contribution in [0.2, 0.25) is 0 Å². The van der Waals surface area contributed by atoms with Gasteiger partial charge < -0.3 is 24.6 Å². The lowest BCUT2D eigenvalue weighted by atomic mass is 10.1. The van der Waals surface area contributed by atoms with Crippen LogP contribution in [-0.4, -0.2) is 68.3 Å². The highest BCUT2D eigenvalue weighted by Gasteiger charge is 2.24. The molecule has 2 aliphatic heterocycles. The molecule has 1 amide bonds. The van der Waals surface area contributed by atoms with Crippen molar-refractivity contribution >= 4 is 23.0 Å². The van der Waals surface area contributed by atoms with Gasteiger partial charge in [-0.15, -0.1) is 0 Å². The summed E-state index contributed by atoms with van der Waals surface area (Å²) in [7, 11) is 1.59. The minimum atomic E-state index is -0.368. The molecule has 2 aromatic carbocycles. The Morgan fingerprint density at radius 3 is 2.56 bits per heavy atom. The largest absolute Gasteiger partial charge is 0.497 e. The minimum absolute atomic E-state index is 0.00470. The van der Waals surface area contributed by atoms with E-state index in [0.29, 0.717) is 49.7 Å². The fourth-order valence-corrected chi connectivity index (χ4v) is 4.13. The first-order valence-corrected chi connectivity index (χ1v) is 10.9. The van der Waals surface area contributed by atoms with E-state index in [1.54, 1.807) is 43.5 Å². The molecule has 170 valence electrons. The number of piperazine rings is 1. The van der Waals surface area contributed by atoms with Gasteiger partial charge in [0.25, 0.3) is 11.6 Å². The molecule has 0 aliphatic carbocycles. The third-order valence-corrected chi connectivity index (χ3v) is 5.99. The van der Waals surface area contributed by atoms with Gasteiger partial charge in [-0.25, -0.2) is 0 Å². The van der Waals surface area contributed by atoms with Crippen LogP contribution in [0.3, 0.4) is 0 Å². The maximum absolute atomic E-state index is 12.8. The van der Waals surface area contributed by atoms with Gasteiger partial charge in [0.15, 0.2) is 0 Å². The second-order valence-corrected chi connectivity index (χ2v) is 7.98. The van der Waals surface area contributed by atoms with E-state index in [4.69, 9.17) is 9.47 Å². The number of rotatable bonds is 7. The van der Waals surface area contributed by atoms with Crippen molar-refractivity contribution in [3.05, 3.63) is 58.1 Å². The van der Waals surface area contributed by atoms with Gasteiger partial charge in [-0.3, -0.25) is 14.9 Å². The molecular weight excluding hydrogens is 412 g/mol. The Hall–Kier alpha value is -3.33. The first kappa shape index (κ1) is 21.9. The predicted molar refractivity (Wildman–Crippen MR) is 122 cm³/mol. The number of anilines is 2. The van der Waals surface area contributed by atoms with E-state index in [2.05, 4.69) is 10.2 Å². The van der Waals surface area contributed by atoms with Crippen molar-refractivity contribution in [2.45, 2.75) is 18.9 Å². The zero-order chi connectivity index (χ0) is 22.5. The Balaban J connectivity index is 1.40. The van der Waals surface area contributed by atoms with Crippen molar-refractivity contribution in [2.75, 3.05) is 56.7 Å². The molecule has 9 nitrogen and oxygen atoms in total. The van der Waals surface area contributed by atoms with Crippen LogP contribution in [0.4, 0.5) is 17.1 Å². The monoisotopic (exact) mass is 440 g/mol. The molecule has 0 unspecified atom stereocenters. The number of nitrogens with zero attached hydrogens (tertiary/aromatic N) is 3. The second kappa shape index (κ2) is 9.86. The summed E-state index contributed by atoms with van der Waals surface area (Å²) in [6.07, 6.45) is 2.07. The Morgan fingerprint density at radius 1 is 1.19 bits per heavy atom. The van der Waals surface area contributed by atoms with E-state index in [0.717, 1.165) is 25.1 Å². The molecule has 2 fully saturated rings. The van der Waals surface area contributed by atoms with E-state index in [1.165, 1.54) is 0 Å². The van der Waals surface area contributed by atoms with Gasteiger partial charge in [-0.1, -0.05) is 0 Å². The number of nitrogens with one attached hydrogen (secondary N) is 1. The Morgan fingerprint density at radius 2 is 1.94 bits per heavy atom. The summed E-state index contributed by atoms with van der Waals surface area (Å²) in [5, 5.41) is 14.7. The number of hydrogen-bond donors (Lipinski definition) is 1. The molecular formula is C23H28N4O5. The highest BCUT2D eigenvalue weighted by Crippen LogP contribution is 2.31. The molecule has 9 heteroatoms. The highest BCUT2D eigenvalue weighted by atomic mass is 16.6. The molecule has 1 atom stereocenters. The molecule has 4 rings (SSSR count). The van der Waals surface area contributed by atoms with E-state index >= 15 is 0 Å². The van der Waals surface area contributed by atoms with Gasteiger partial charge in [-0.05, 0) is 49.2 Å². The van der Waals surface area contributed by atoms with Crippen LogP contribution >= 0.6 is 0 Å². The van der Waals surface area contributed by atoms with Crippen LogP contribution in [0, 0.1) is 10.1 Å². The zero-order valence-electron chi connectivity index (χ0n) is 18.2. The number of carbonyl (C=O) groups excluding carboxylic acids is 1. The highest BCUT2D eigenvalue weighted by molar-refractivity contribution is 5.94. The quantitative estimate of drug-likeness (QED) is 0.522. The predicted octanol–water partition coefficient (Wildman–Crippen LogP) is 3.16. The molecule has 0 radical (unpaired) electrons. The molecule has 32 heavy (non-hydrogen) atoms. The van der Waals surface area contributed by atoms with Gasteiger partial charge in [0.05, 0.1) is 18.1 Å². The van der Waals surface area contributed by atoms with Gasteiger partial charge in [0.2, 0.25) is 0 Å². The van der Waals surface area contributed by atoms with Crippen molar-refractivity contribution in [3.8, 4) is 5.75 Å². The number of benzene rings is 2. The zero-order valence-corrected chi connectivity index (χ0v) is 18.2. The molecule has 0 saturated carbocycles. The number of ether oxygens (including phenoxy) is 2. The maximum Gasteiger partial charge on any atom is 0.292 e. The van der Waals surface area contributed by atoms with Crippen LogP contribution in [0.1, 0.15) is 23.2 Å². The lowest BCUT2D eigenvalue weighted by Gasteiger charge is -2.36. The van der Waals surface area contributed by atoms with Gasteiger partial charge in [-0.2, -0.15) is 0 Å². The number of methoxy groups -OCH3 is 1. The van der Waals surface area contributed by atoms with Crippen LogP contribution in [0.15, 0.2) is 42.5 Å². The van der Waals surface area contributed by atoms with E-state index in [-0.39, 0.29) is 22.6 Å². The Bertz CT molecular complexity index is 951. The van der Waals surface area contributed by atoms with Gasteiger partial charge >= 0.3 is 0 Å². The number of carbonyl (C=O) groups is 1. The smallest absolute Gasteiger partial charge is 0.292 e. The van der Waals surface area contributed by atoms with E-state index in [1.807, 2.05) is 11.0 Å². The van der Waals surface area contributed by atoms with Crippen LogP contribution in [0.5, 0.6) is 5.75 Å². The van der Waals surface area contributed by atoms with E-state index < -0.39 is 0 Å². The number of nitro groups is 1. The van der Waals surface area contributed by atoms with Crippen molar-refractivity contribution in [3.63, 3.8) is 0 Å². The summed E-state index contributed by atoms with van der Waals surface area (Å²) in [6, 6.07) is 12.3. The Labute approximate surface area is 187 Å². The maximum atomic E-state index is 12.8. The SMILES string of the molecule is COc1ccc(C(=O)N2CCN(c3ccc([N+](=O)[O-])c(NC[C@H]4CCCO4)c3)CC2)cc1. The molecule has 2 aliphatic rings. The average Bonchev–Trinajstić information content (AvgIpc) is 3.36. The molecule has 1 N–H and O–H groups in total. The van der Waals surface area contributed by atoms with Crippen molar-refractivity contribution in [1.82, 2.24) is 4.90 Å². The fourth-order valence-electron chi connectivity index (χ4n) is 4.13. The van der Waals surface area contributed by atoms with Crippen molar-refractivity contribution in [1.29, 1.82) is 0 Å². The number of nitro benzene ring substituents is 1. The lowest BCUT2D eigenvalue weighted by Crippen LogP contribution is -2.48. The molecule has 2 saturated heterocycles. The average molecular weight is 441 g/mol. The summed E-state index contributed by atoms with van der Waals surface area (Å²) in [5.41, 5.74) is 2.09. The minimum Gasteiger partial charge on any atom is -0.497 e. The summed E-state index contributed by atoms with van der Waals surface area (Å²) in [6.45, 7) is 3.78. The number of hydrogen-bond acceptors (Lipinski definition) is 7. The molecule has 0 bridgehead atoms. The van der Waals surface area contributed by atoms with Crippen molar-refractivity contribution < 1.29 is 19.2 Å². The summed E-state index contributed by atoms with van der Waals surface area (Å²) in [5.74, 6) is 0.711. The standard InChI is InChI=1S/C23H28N4O5/c1-31-19-7-4-17(5-8-19)23(28)26-12-10-25(11-13-26)18-6-9-22(27(29)30)21(15-18)24-16-20-3-2-14-32-20/h4-9,15,20,24H,2-3,10-14,16H2,1H3/t20-/m1/s1. The summed E-state index contributed by atoms with van der Waals surface area (Å²) in [4.78, 5) is 27.9. The van der Waals surface area contributed by atoms with Crippen molar-refractivity contribution in [2.24, 2.45) is 0 Å². The third kappa shape index (κ3) is 4.94. The first-order valence-electron chi connectivity index (χ1n) is 10.9. The first-order chi connectivity index (χ1) is 15.5. The van der Waals surface area contributed by atoms with Crippen LogP contribution in [-0.2, 0) is 4.74 Å². The number of amides is 1. The molecule has 2 heterocycles. The third-order valence-electron chi connectivity index (χ3n) is 5.99. The van der Waals surface area contributed by atoms with Crippen LogP contribution in [0.25, 0.3) is 0 Å². The topological polar surface area (TPSA) is 97.2 Å². The Kier molecular flexibility index (Phi) is 6.75. The normalized spacial score (nSPS) is 18.5. The fraction of sp³-hybridized carbons (Fsp3) is 0.435. The van der Waals surface area contributed by atoms with Gasteiger partial charge in [0, 0.05) is 56.6 Å². The summed E-state index contributed by atoms with van der Waals surface area (Å²) >= 11 is 0. The van der Waals surface area contributed by atoms with Gasteiger partial charge in [0.1, 0.15) is 11.4 Å². The molecule has 2 aromatic rings. The second-order valence-electron chi connectivity index (χ2n) is 7.98. The van der Waals surface area contributed by atoms with Crippen LogP contribution < -0.4 is 15.0 Å². The lowest BCUT2D eigenvalue weighted by molar-refractivity contribution is -0.383. The van der Waals surface area contributed by atoms with E-state index in [9.17, 15) is 14.9 Å².